The summed E-state index contributed by atoms with van der Waals surface area (Å²) in [4.78, 5) is 13.8. The van der Waals surface area contributed by atoms with E-state index in [0.29, 0.717) is 13.1 Å². The number of carbonyl (C=O) groups is 1. The van der Waals surface area contributed by atoms with E-state index in [1.165, 1.54) is 0 Å². The Morgan fingerprint density at radius 3 is 2.55 bits per heavy atom. The molecule has 1 aromatic carbocycles. The van der Waals surface area contributed by atoms with E-state index in [1.54, 1.807) is 11.0 Å². The molecule has 0 aliphatic carbocycles. The van der Waals surface area contributed by atoms with Crippen LogP contribution in [0, 0.1) is 5.92 Å². The van der Waals surface area contributed by atoms with Crippen LogP contribution >= 0.6 is 0 Å². The molecule has 0 saturated carbocycles. The number of rotatable bonds is 4. The Bertz CT molecular complexity index is 450. The smallest absolute Gasteiger partial charge is 0.246 e. The summed E-state index contributed by atoms with van der Waals surface area (Å²) in [7, 11) is 0. The lowest BCUT2D eigenvalue weighted by Gasteiger charge is -2.33. The van der Waals surface area contributed by atoms with Crippen molar-refractivity contribution < 1.29 is 15.0 Å². The normalized spacial score (nSPS) is 18.4. The molecule has 0 spiro atoms. The molecule has 1 heterocycles. The third-order valence-corrected chi connectivity index (χ3v) is 3.80. The number of hydrogen-bond donors (Lipinski definition) is 2. The zero-order valence-corrected chi connectivity index (χ0v) is 11.5. The number of aliphatic hydroxyl groups excluding tert-OH is 2. The summed E-state index contributed by atoms with van der Waals surface area (Å²) in [5, 5.41) is 18.5. The molecule has 1 aliphatic heterocycles. The average Bonchev–Trinajstić information content (AvgIpc) is 2.53. The van der Waals surface area contributed by atoms with Crippen molar-refractivity contribution in [1.29, 1.82) is 0 Å². The zero-order valence-electron chi connectivity index (χ0n) is 11.5. The van der Waals surface area contributed by atoms with Gasteiger partial charge in [-0.1, -0.05) is 30.3 Å². The lowest BCUT2D eigenvalue weighted by atomic mass is 9.91. The first-order valence-corrected chi connectivity index (χ1v) is 7.01. The van der Waals surface area contributed by atoms with Crippen molar-refractivity contribution in [2.45, 2.75) is 18.9 Å². The molecule has 20 heavy (non-hydrogen) atoms. The monoisotopic (exact) mass is 275 g/mol. The molecule has 1 aromatic rings. The Morgan fingerprint density at radius 2 is 1.95 bits per heavy atom. The van der Waals surface area contributed by atoms with Crippen LogP contribution in [-0.4, -0.2) is 46.8 Å². The van der Waals surface area contributed by atoms with Crippen molar-refractivity contribution in [3.8, 4) is 0 Å². The van der Waals surface area contributed by atoms with Gasteiger partial charge in [0.05, 0.1) is 12.7 Å². The van der Waals surface area contributed by atoms with Crippen LogP contribution in [0.3, 0.4) is 0 Å². The first-order valence-electron chi connectivity index (χ1n) is 7.01. The fraction of sp³-hybridized carbons (Fsp3) is 0.438. The Morgan fingerprint density at radius 1 is 1.30 bits per heavy atom. The van der Waals surface area contributed by atoms with Gasteiger partial charge in [-0.05, 0) is 30.4 Å². The van der Waals surface area contributed by atoms with E-state index in [-0.39, 0.29) is 18.4 Å². The zero-order chi connectivity index (χ0) is 14.4. The highest BCUT2D eigenvalue weighted by Crippen LogP contribution is 2.20. The number of piperidine rings is 1. The highest BCUT2D eigenvalue weighted by atomic mass is 16.3. The molecule has 1 amide bonds. The van der Waals surface area contributed by atoms with Gasteiger partial charge < -0.3 is 15.1 Å². The van der Waals surface area contributed by atoms with Gasteiger partial charge in [0.25, 0.3) is 0 Å². The molecule has 1 unspecified atom stereocenters. The average molecular weight is 275 g/mol. The largest absolute Gasteiger partial charge is 0.394 e. The van der Waals surface area contributed by atoms with Gasteiger partial charge in [0.15, 0.2) is 0 Å². The Hall–Kier alpha value is -1.65. The van der Waals surface area contributed by atoms with Gasteiger partial charge in [0, 0.05) is 19.2 Å². The molecule has 1 atom stereocenters. The molecule has 0 aromatic heterocycles. The van der Waals surface area contributed by atoms with Crippen LogP contribution in [0.5, 0.6) is 0 Å². The predicted molar refractivity (Wildman–Crippen MR) is 77.9 cm³/mol. The number of carbonyl (C=O) groups excluding carboxylic acids is 1. The van der Waals surface area contributed by atoms with Gasteiger partial charge in [-0.3, -0.25) is 4.79 Å². The van der Waals surface area contributed by atoms with Crippen LogP contribution in [0.25, 0.3) is 6.08 Å². The third-order valence-electron chi connectivity index (χ3n) is 3.80. The van der Waals surface area contributed by atoms with Crippen molar-refractivity contribution in [2.75, 3.05) is 19.7 Å². The number of amides is 1. The minimum absolute atomic E-state index is 0.00536. The number of benzene rings is 1. The van der Waals surface area contributed by atoms with E-state index >= 15 is 0 Å². The van der Waals surface area contributed by atoms with Crippen molar-refractivity contribution in [1.82, 2.24) is 4.90 Å². The lowest BCUT2D eigenvalue weighted by Crippen LogP contribution is -2.41. The summed E-state index contributed by atoms with van der Waals surface area (Å²) >= 11 is 0. The maximum absolute atomic E-state index is 12.0. The number of likely N-dealkylation sites (tertiary alicyclic amines) is 1. The van der Waals surface area contributed by atoms with Crippen LogP contribution in [0.15, 0.2) is 36.4 Å². The molecule has 1 saturated heterocycles. The van der Waals surface area contributed by atoms with E-state index in [9.17, 15) is 9.90 Å². The van der Waals surface area contributed by atoms with E-state index in [0.717, 1.165) is 18.4 Å². The Balaban J connectivity index is 1.85. The van der Waals surface area contributed by atoms with Crippen LogP contribution in [0.1, 0.15) is 18.4 Å². The van der Waals surface area contributed by atoms with E-state index in [2.05, 4.69) is 0 Å². The molecule has 0 radical (unpaired) electrons. The molecular weight excluding hydrogens is 254 g/mol. The second kappa shape index (κ2) is 7.22. The molecule has 4 heteroatoms. The van der Waals surface area contributed by atoms with Crippen LogP contribution < -0.4 is 0 Å². The molecule has 0 bridgehead atoms. The molecule has 1 aliphatic rings. The van der Waals surface area contributed by atoms with Gasteiger partial charge in [-0.25, -0.2) is 0 Å². The predicted octanol–water partition coefficient (Wildman–Crippen LogP) is 1.29. The quantitative estimate of drug-likeness (QED) is 0.814. The van der Waals surface area contributed by atoms with Gasteiger partial charge in [0.2, 0.25) is 5.91 Å². The number of hydrogen-bond acceptors (Lipinski definition) is 3. The minimum atomic E-state index is -0.660. The second-order valence-electron chi connectivity index (χ2n) is 5.16. The molecule has 1 fully saturated rings. The molecule has 2 N–H and O–H groups in total. The molecular formula is C16H21NO3. The van der Waals surface area contributed by atoms with Gasteiger partial charge in [0.1, 0.15) is 0 Å². The Kier molecular flexibility index (Phi) is 5.32. The summed E-state index contributed by atoms with van der Waals surface area (Å²) < 4.78 is 0. The molecule has 2 rings (SSSR count). The summed E-state index contributed by atoms with van der Waals surface area (Å²) in [5.41, 5.74) is 1.01. The van der Waals surface area contributed by atoms with Crippen LogP contribution in [0.4, 0.5) is 0 Å². The Labute approximate surface area is 119 Å². The van der Waals surface area contributed by atoms with Gasteiger partial charge >= 0.3 is 0 Å². The van der Waals surface area contributed by atoms with Crippen molar-refractivity contribution >= 4 is 12.0 Å². The van der Waals surface area contributed by atoms with Crippen molar-refractivity contribution in [3.63, 3.8) is 0 Å². The van der Waals surface area contributed by atoms with Crippen LogP contribution in [0.2, 0.25) is 0 Å². The molecule has 4 nitrogen and oxygen atoms in total. The topological polar surface area (TPSA) is 60.8 Å². The number of nitrogens with zero attached hydrogens (tertiary/aromatic N) is 1. The summed E-state index contributed by atoms with van der Waals surface area (Å²) in [5.74, 6) is 0.105. The SMILES string of the molecule is O=C(/C=C/c1ccccc1)N1CCC(C(O)CO)CC1. The van der Waals surface area contributed by atoms with Gasteiger partial charge in [-0.2, -0.15) is 0 Å². The van der Waals surface area contributed by atoms with Gasteiger partial charge in [-0.15, -0.1) is 0 Å². The van der Waals surface area contributed by atoms with E-state index in [1.807, 2.05) is 36.4 Å². The fourth-order valence-corrected chi connectivity index (χ4v) is 2.49. The van der Waals surface area contributed by atoms with E-state index < -0.39 is 6.10 Å². The first kappa shape index (κ1) is 14.8. The van der Waals surface area contributed by atoms with Crippen LogP contribution in [-0.2, 0) is 4.79 Å². The molecule has 108 valence electrons. The third kappa shape index (κ3) is 3.92. The minimum Gasteiger partial charge on any atom is -0.394 e. The maximum Gasteiger partial charge on any atom is 0.246 e. The lowest BCUT2D eigenvalue weighted by molar-refractivity contribution is -0.128. The summed E-state index contributed by atoms with van der Waals surface area (Å²) in [6.07, 6.45) is 4.24. The van der Waals surface area contributed by atoms with E-state index in [4.69, 9.17) is 5.11 Å². The van der Waals surface area contributed by atoms with Crippen molar-refractivity contribution in [2.24, 2.45) is 5.92 Å². The number of aliphatic hydroxyl groups is 2. The highest BCUT2D eigenvalue weighted by molar-refractivity contribution is 5.91. The second-order valence-corrected chi connectivity index (χ2v) is 5.16. The standard InChI is InChI=1S/C16H21NO3/c18-12-15(19)14-8-10-17(11-9-14)16(20)7-6-13-4-2-1-3-5-13/h1-7,14-15,18-19H,8-12H2/b7-6+. The fourth-order valence-electron chi connectivity index (χ4n) is 2.49. The summed E-state index contributed by atoms with van der Waals surface area (Å²) in [6, 6.07) is 9.72. The van der Waals surface area contributed by atoms with Crippen molar-refractivity contribution in [3.05, 3.63) is 42.0 Å². The highest BCUT2D eigenvalue weighted by Gasteiger charge is 2.26. The maximum atomic E-state index is 12.0. The first-order chi connectivity index (χ1) is 9.70. The summed E-state index contributed by atoms with van der Waals surface area (Å²) in [6.45, 7) is 1.08.